The first-order valence-electron chi connectivity index (χ1n) is 9.18. The molecule has 0 radical (unpaired) electrons. The summed E-state index contributed by atoms with van der Waals surface area (Å²) in [6.45, 7) is 4.86. The first kappa shape index (κ1) is 18.5. The minimum Gasteiger partial charge on any atom is -0.490 e. The first-order valence-corrected chi connectivity index (χ1v) is 9.18. The zero-order valence-electron chi connectivity index (χ0n) is 16.0. The molecule has 2 aromatic carbocycles. The summed E-state index contributed by atoms with van der Waals surface area (Å²) in [5.41, 5.74) is 1.44. The second-order valence-corrected chi connectivity index (χ2v) is 6.24. The quantitative estimate of drug-likeness (QED) is 0.507. The minimum absolute atomic E-state index is 0.354. The molecule has 0 amide bonds. The molecule has 0 aliphatic heterocycles. The average molecular weight is 393 g/mol. The second-order valence-electron chi connectivity index (χ2n) is 6.24. The Hall–Kier alpha value is -3.81. The summed E-state index contributed by atoms with van der Waals surface area (Å²) in [6.07, 6.45) is 2.06. The maximum Gasteiger partial charge on any atom is 0.415 e. The van der Waals surface area contributed by atoms with E-state index in [1.54, 1.807) is 12.4 Å². The number of ether oxygens (including phenoxy) is 2. The van der Waals surface area contributed by atoms with Gasteiger partial charge in [0.15, 0.2) is 11.5 Å². The Morgan fingerprint density at radius 2 is 1.72 bits per heavy atom. The van der Waals surface area contributed by atoms with Gasteiger partial charge in [0.05, 0.1) is 13.2 Å². The van der Waals surface area contributed by atoms with Crippen molar-refractivity contribution in [3.8, 4) is 34.3 Å². The molecule has 0 aliphatic carbocycles. The van der Waals surface area contributed by atoms with E-state index in [-0.39, 0.29) is 0 Å². The summed E-state index contributed by atoms with van der Waals surface area (Å²) < 4.78 is 17.8. The van der Waals surface area contributed by atoms with Gasteiger partial charge in [0.1, 0.15) is 0 Å². The highest BCUT2D eigenvalue weighted by atomic mass is 16.5. The van der Waals surface area contributed by atoms with E-state index < -0.39 is 6.09 Å². The molecule has 0 fully saturated rings. The molecule has 29 heavy (non-hydrogen) atoms. The molecule has 4 rings (SSSR count). The van der Waals surface area contributed by atoms with Gasteiger partial charge in [0.25, 0.3) is 5.89 Å². The van der Waals surface area contributed by atoms with Gasteiger partial charge in [0, 0.05) is 34.3 Å². The average Bonchev–Trinajstić information content (AvgIpc) is 3.36. The van der Waals surface area contributed by atoms with Crippen LogP contribution < -0.4 is 9.47 Å². The molecule has 1 N–H and O–H groups in total. The number of carboxylic acid groups (broad SMARTS) is 1. The van der Waals surface area contributed by atoms with E-state index in [1.165, 1.54) is 0 Å². The highest BCUT2D eigenvalue weighted by molar-refractivity contribution is 5.89. The van der Waals surface area contributed by atoms with Gasteiger partial charge in [-0.3, -0.25) is 4.57 Å². The summed E-state index contributed by atoms with van der Waals surface area (Å²) in [4.78, 5) is 15.6. The minimum atomic E-state index is -1.04. The molecule has 0 aliphatic rings. The van der Waals surface area contributed by atoms with Gasteiger partial charge in [-0.25, -0.2) is 4.79 Å². The summed E-state index contributed by atoms with van der Waals surface area (Å²) in [6, 6.07) is 10.9. The third-order valence-corrected chi connectivity index (χ3v) is 4.34. The van der Waals surface area contributed by atoms with Crippen molar-refractivity contribution < 1.29 is 23.9 Å². The molecular formula is C21H19N3O5. The zero-order valence-corrected chi connectivity index (χ0v) is 16.0. The van der Waals surface area contributed by atoms with E-state index in [4.69, 9.17) is 19.1 Å². The zero-order chi connectivity index (χ0) is 20.4. The van der Waals surface area contributed by atoms with Crippen LogP contribution in [0, 0.1) is 0 Å². The van der Waals surface area contributed by atoms with Gasteiger partial charge in [-0.05, 0) is 38.1 Å². The Kier molecular flexibility index (Phi) is 4.90. The van der Waals surface area contributed by atoms with Crippen LogP contribution in [-0.2, 0) is 0 Å². The third-order valence-electron chi connectivity index (χ3n) is 4.34. The molecule has 0 saturated carbocycles. The molecule has 8 nitrogen and oxygen atoms in total. The molecule has 0 bridgehead atoms. The fourth-order valence-electron chi connectivity index (χ4n) is 3.03. The molecule has 4 aromatic rings. The van der Waals surface area contributed by atoms with Crippen LogP contribution in [-0.4, -0.2) is 39.1 Å². The van der Waals surface area contributed by atoms with Crippen molar-refractivity contribution in [1.82, 2.24) is 14.7 Å². The van der Waals surface area contributed by atoms with Crippen LogP contribution in [0.5, 0.6) is 11.5 Å². The molecule has 8 heteroatoms. The fraction of sp³-hybridized carbons (Fsp3) is 0.190. The number of carbonyl (C=O) groups is 1. The second kappa shape index (κ2) is 7.67. The molecule has 0 unspecified atom stereocenters. The monoisotopic (exact) mass is 393 g/mol. The van der Waals surface area contributed by atoms with Crippen molar-refractivity contribution in [2.45, 2.75) is 13.8 Å². The summed E-state index contributed by atoms with van der Waals surface area (Å²) in [7, 11) is 0. The Morgan fingerprint density at radius 3 is 2.48 bits per heavy atom. The molecule has 148 valence electrons. The predicted octanol–water partition coefficient (Wildman–Crippen LogP) is 4.68. The van der Waals surface area contributed by atoms with Crippen LogP contribution in [0.25, 0.3) is 33.6 Å². The lowest BCUT2D eigenvalue weighted by Gasteiger charge is -2.11. The van der Waals surface area contributed by atoms with Crippen LogP contribution in [0.2, 0.25) is 0 Å². The van der Waals surface area contributed by atoms with E-state index in [9.17, 15) is 4.79 Å². The van der Waals surface area contributed by atoms with Crippen molar-refractivity contribution in [3.05, 3.63) is 48.8 Å². The lowest BCUT2D eigenvalue weighted by Crippen LogP contribution is -2.03. The van der Waals surface area contributed by atoms with Crippen molar-refractivity contribution in [3.63, 3.8) is 0 Å². The normalized spacial score (nSPS) is 11.0. The Morgan fingerprint density at radius 1 is 1.00 bits per heavy atom. The molecule has 2 heterocycles. The molecular weight excluding hydrogens is 374 g/mol. The number of rotatable bonds is 6. The molecule has 0 atom stereocenters. The number of hydrogen-bond acceptors (Lipinski definition) is 6. The number of benzene rings is 2. The lowest BCUT2D eigenvalue weighted by atomic mass is 10.1. The Balaban J connectivity index is 1.67. The topological polar surface area (TPSA) is 99.6 Å². The smallest absolute Gasteiger partial charge is 0.415 e. The summed E-state index contributed by atoms with van der Waals surface area (Å²) >= 11 is 0. The van der Waals surface area contributed by atoms with Crippen molar-refractivity contribution in [1.29, 1.82) is 0 Å². The van der Waals surface area contributed by atoms with E-state index in [1.807, 2.05) is 50.2 Å². The summed E-state index contributed by atoms with van der Waals surface area (Å²) in [5, 5.41) is 14.8. The van der Waals surface area contributed by atoms with Crippen LogP contribution in [0.4, 0.5) is 4.79 Å². The number of aromatic nitrogens is 3. The van der Waals surface area contributed by atoms with E-state index >= 15 is 0 Å². The SMILES string of the molecule is CCOc1ccc(-c2nc(-c3ccc4cn(C(=O)O)cc4c3)no2)cc1OCC. The highest BCUT2D eigenvalue weighted by Crippen LogP contribution is 2.33. The standard InChI is InChI=1S/C21H19N3O5/c1-3-27-17-8-7-14(10-18(17)28-4-2)20-22-19(23-29-20)13-5-6-15-11-24(21(25)26)12-16(15)9-13/h5-12H,3-4H2,1-2H3,(H,25,26). The fourth-order valence-corrected chi connectivity index (χ4v) is 3.03. The van der Waals surface area contributed by atoms with Gasteiger partial charge in [-0.15, -0.1) is 0 Å². The van der Waals surface area contributed by atoms with Crippen LogP contribution in [0.15, 0.2) is 53.3 Å². The number of hydrogen-bond donors (Lipinski definition) is 1. The van der Waals surface area contributed by atoms with Crippen LogP contribution >= 0.6 is 0 Å². The predicted molar refractivity (Wildman–Crippen MR) is 106 cm³/mol. The molecule has 0 spiro atoms. The largest absolute Gasteiger partial charge is 0.490 e. The molecule has 0 saturated heterocycles. The van der Waals surface area contributed by atoms with Gasteiger partial charge in [-0.2, -0.15) is 4.98 Å². The van der Waals surface area contributed by atoms with Crippen molar-refractivity contribution >= 4 is 16.9 Å². The van der Waals surface area contributed by atoms with E-state index in [0.717, 1.165) is 20.9 Å². The maximum absolute atomic E-state index is 11.1. The Labute approximate surface area is 166 Å². The maximum atomic E-state index is 11.1. The third kappa shape index (κ3) is 3.64. The van der Waals surface area contributed by atoms with Crippen molar-refractivity contribution in [2.75, 3.05) is 13.2 Å². The van der Waals surface area contributed by atoms with Gasteiger partial charge in [-0.1, -0.05) is 17.3 Å². The Bertz CT molecular complexity index is 1180. The van der Waals surface area contributed by atoms with Gasteiger partial charge in [0.2, 0.25) is 5.82 Å². The van der Waals surface area contributed by atoms with Crippen LogP contribution in [0.3, 0.4) is 0 Å². The number of nitrogens with zero attached hydrogens (tertiary/aromatic N) is 3. The highest BCUT2D eigenvalue weighted by Gasteiger charge is 2.15. The van der Waals surface area contributed by atoms with E-state index in [0.29, 0.717) is 42.0 Å². The van der Waals surface area contributed by atoms with E-state index in [2.05, 4.69) is 10.1 Å². The van der Waals surface area contributed by atoms with Crippen LogP contribution in [0.1, 0.15) is 13.8 Å². The van der Waals surface area contributed by atoms with Gasteiger partial charge < -0.3 is 19.1 Å². The number of fused-ring (bicyclic) bond motifs is 1. The van der Waals surface area contributed by atoms with Crippen molar-refractivity contribution in [2.24, 2.45) is 0 Å². The molecule has 2 aromatic heterocycles. The van der Waals surface area contributed by atoms with Gasteiger partial charge >= 0.3 is 6.09 Å². The first-order chi connectivity index (χ1) is 14.1. The summed E-state index contributed by atoms with van der Waals surface area (Å²) in [5.74, 6) is 2.04. The lowest BCUT2D eigenvalue weighted by molar-refractivity contribution is 0.196.